The first-order valence-electron chi connectivity index (χ1n) is 7.22. The van der Waals surface area contributed by atoms with Gasteiger partial charge in [-0.15, -0.1) is 0 Å². The van der Waals surface area contributed by atoms with E-state index < -0.39 is 0 Å². The Bertz CT molecular complexity index is 498. The SMILES string of the molecule is CC(C)Cc1cc(C(C)(C)C)n[nH]1.Cc1cc(C)[nH]n1. The van der Waals surface area contributed by atoms with Crippen molar-refractivity contribution in [2.75, 3.05) is 0 Å². The molecule has 0 aromatic carbocycles. The van der Waals surface area contributed by atoms with Crippen molar-refractivity contribution < 1.29 is 0 Å². The van der Waals surface area contributed by atoms with Crippen molar-refractivity contribution in [1.82, 2.24) is 20.4 Å². The van der Waals surface area contributed by atoms with E-state index >= 15 is 0 Å². The van der Waals surface area contributed by atoms with Crippen LogP contribution in [0.3, 0.4) is 0 Å². The Morgan fingerprint density at radius 1 is 1.05 bits per heavy atom. The zero-order valence-electron chi connectivity index (χ0n) is 13.8. The molecule has 0 radical (unpaired) electrons. The van der Waals surface area contributed by atoms with Crippen molar-refractivity contribution in [1.29, 1.82) is 0 Å². The molecule has 112 valence electrons. The molecule has 0 saturated carbocycles. The quantitative estimate of drug-likeness (QED) is 0.873. The van der Waals surface area contributed by atoms with E-state index in [1.54, 1.807) is 0 Å². The van der Waals surface area contributed by atoms with Gasteiger partial charge in [0, 0.05) is 16.8 Å². The Labute approximate surface area is 122 Å². The predicted molar refractivity (Wildman–Crippen MR) is 83.9 cm³/mol. The van der Waals surface area contributed by atoms with E-state index in [4.69, 9.17) is 0 Å². The van der Waals surface area contributed by atoms with Gasteiger partial charge in [-0.05, 0) is 38.3 Å². The number of aromatic nitrogens is 4. The summed E-state index contributed by atoms with van der Waals surface area (Å²) in [7, 11) is 0. The molecule has 2 heterocycles. The molecule has 4 nitrogen and oxygen atoms in total. The van der Waals surface area contributed by atoms with E-state index in [0.29, 0.717) is 5.92 Å². The van der Waals surface area contributed by atoms with Crippen LogP contribution in [0.15, 0.2) is 12.1 Å². The summed E-state index contributed by atoms with van der Waals surface area (Å²) in [6.07, 6.45) is 1.09. The highest BCUT2D eigenvalue weighted by atomic mass is 15.1. The standard InChI is InChI=1S/C11H20N2.C5H8N2/c1-8(2)6-9-7-10(13-12-9)11(3,4)5;1-4-3-5(2)7-6-4/h7-8H,6H2,1-5H3,(H,12,13);3H,1-2H3,(H,6,7). The summed E-state index contributed by atoms with van der Waals surface area (Å²) in [6.45, 7) is 14.9. The highest BCUT2D eigenvalue weighted by molar-refractivity contribution is 5.16. The number of aryl methyl sites for hydroxylation is 2. The summed E-state index contributed by atoms with van der Waals surface area (Å²) in [5, 5.41) is 14.1. The monoisotopic (exact) mass is 276 g/mol. The Morgan fingerprint density at radius 2 is 1.70 bits per heavy atom. The molecule has 0 fully saturated rings. The van der Waals surface area contributed by atoms with Crippen LogP contribution in [-0.4, -0.2) is 20.4 Å². The van der Waals surface area contributed by atoms with Gasteiger partial charge in [0.05, 0.1) is 11.4 Å². The van der Waals surface area contributed by atoms with Gasteiger partial charge in [-0.2, -0.15) is 10.2 Å². The molecular weight excluding hydrogens is 248 g/mol. The molecule has 0 aliphatic heterocycles. The first kappa shape index (κ1) is 16.5. The first-order chi connectivity index (χ1) is 9.18. The van der Waals surface area contributed by atoms with E-state index in [9.17, 15) is 0 Å². The second-order valence-electron chi connectivity index (χ2n) is 6.82. The Balaban J connectivity index is 0.000000240. The first-order valence-corrected chi connectivity index (χ1v) is 7.22. The predicted octanol–water partition coefficient (Wildman–Crippen LogP) is 3.93. The third-order valence-corrected chi connectivity index (χ3v) is 2.86. The average molecular weight is 276 g/mol. The van der Waals surface area contributed by atoms with E-state index in [2.05, 4.69) is 61.1 Å². The molecule has 2 N–H and O–H groups in total. The molecule has 2 rings (SSSR count). The fourth-order valence-corrected chi connectivity index (χ4v) is 1.84. The van der Waals surface area contributed by atoms with Crippen LogP contribution in [-0.2, 0) is 11.8 Å². The van der Waals surface area contributed by atoms with Crippen molar-refractivity contribution in [3.05, 3.63) is 34.9 Å². The molecule has 0 amide bonds. The molecule has 2 aromatic heterocycles. The molecule has 0 saturated heterocycles. The van der Waals surface area contributed by atoms with Crippen LogP contribution in [0, 0.1) is 19.8 Å². The molecule has 4 heteroatoms. The smallest absolute Gasteiger partial charge is 0.0678 e. The number of nitrogens with one attached hydrogen (secondary N) is 2. The number of nitrogens with zero attached hydrogens (tertiary/aromatic N) is 2. The maximum Gasteiger partial charge on any atom is 0.0678 e. The van der Waals surface area contributed by atoms with Gasteiger partial charge in [0.1, 0.15) is 0 Å². The Kier molecular flexibility index (Phi) is 5.54. The Hall–Kier alpha value is -1.58. The fourth-order valence-electron chi connectivity index (χ4n) is 1.84. The molecule has 20 heavy (non-hydrogen) atoms. The summed E-state index contributed by atoms with van der Waals surface area (Å²) in [5.41, 5.74) is 4.74. The number of hydrogen-bond acceptors (Lipinski definition) is 2. The van der Waals surface area contributed by atoms with Crippen molar-refractivity contribution in [3.63, 3.8) is 0 Å². The van der Waals surface area contributed by atoms with Crippen LogP contribution >= 0.6 is 0 Å². The lowest BCUT2D eigenvalue weighted by Gasteiger charge is -2.13. The highest BCUT2D eigenvalue weighted by Gasteiger charge is 2.17. The largest absolute Gasteiger partial charge is 0.283 e. The van der Waals surface area contributed by atoms with Crippen molar-refractivity contribution >= 4 is 0 Å². The Morgan fingerprint density at radius 3 is 2.00 bits per heavy atom. The van der Waals surface area contributed by atoms with Crippen LogP contribution in [0.25, 0.3) is 0 Å². The summed E-state index contributed by atoms with van der Waals surface area (Å²) in [6, 6.07) is 4.18. The van der Waals surface area contributed by atoms with Crippen molar-refractivity contribution in [2.24, 2.45) is 5.92 Å². The van der Waals surface area contributed by atoms with E-state index in [0.717, 1.165) is 23.5 Å². The second-order valence-corrected chi connectivity index (χ2v) is 6.82. The van der Waals surface area contributed by atoms with Crippen LogP contribution in [0.5, 0.6) is 0 Å². The zero-order chi connectivity index (χ0) is 15.3. The van der Waals surface area contributed by atoms with Gasteiger partial charge < -0.3 is 0 Å². The third-order valence-electron chi connectivity index (χ3n) is 2.86. The maximum atomic E-state index is 4.32. The zero-order valence-corrected chi connectivity index (χ0v) is 13.8. The molecule has 2 aromatic rings. The van der Waals surface area contributed by atoms with Crippen LogP contribution in [0.2, 0.25) is 0 Å². The number of hydrogen-bond donors (Lipinski definition) is 2. The minimum Gasteiger partial charge on any atom is -0.283 e. The average Bonchev–Trinajstić information content (AvgIpc) is 2.87. The van der Waals surface area contributed by atoms with Crippen LogP contribution < -0.4 is 0 Å². The van der Waals surface area contributed by atoms with Crippen LogP contribution in [0.4, 0.5) is 0 Å². The molecular formula is C16H28N4. The fraction of sp³-hybridized carbons (Fsp3) is 0.625. The van der Waals surface area contributed by atoms with Gasteiger partial charge in [0.25, 0.3) is 0 Å². The highest BCUT2D eigenvalue weighted by Crippen LogP contribution is 2.20. The summed E-state index contributed by atoms with van der Waals surface area (Å²) in [5.74, 6) is 0.688. The lowest BCUT2D eigenvalue weighted by molar-refractivity contribution is 0.567. The van der Waals surface area contributed by atoms with Gasteiger partial charge in [0.15, 0.2) is 0 Å². The normalized spacial score (nSPS) is 11.4. The van der Waals surface area contributed by atoms with Gasteiger partial charge in [0.2, 0.25) is 0 Å². The van der Waals surface area contributed by atoms with Gasteiger partial charge >= 0.3 is 0 Å². The third kappa shape index (κ3) is 5.59. The van der Waals surface area contributed by atoms with Gasteiger partial charge in [-0.1, -0.05) is 34.6 Å². The molecule has 0 unspecified atom stereocenters. The van der Waals surface area contributed by atoms with E-state index in [-0.39, 0.29) is 5.41 Å². The van der Waals surface area contributed by atoms with Gasteiger partial charge in [-0.25, -0.2) is 0 Å². The summed E-state index contributed by atoms with van der Waals surface area (Å²) >= 11 is 0. The lowest BCUT2D eigenvalue weighted by atomic mass is 9.92. The molecule has 0 bridgehead atoms. The van der Waals surface area contributed by atoms with Crippen molar-refractivity contribution in [3.8, 4) is 0 Å². The number of aromatic amines is 2. The molecule has 0 atom stereocenters. The molecule has 0 aliphatic rings. The van der Waals surface area contributed by atoms with Crippen LogP contribution in [0.1, 0.15) is 57.4 Å². The number of rotatable bonds is 2. The van der Waals surface area contributed by atoms with Gasteiger partial charge in [-0.3, -0.25) is 10.2 Å². The molecule has 0 aliphatic carbocycles. The topological polar surface area (TPSA) is 57.4 Å². The second kappa shape index (κ2) is 6.73. The van der Waals surface area contributed by atoms with E-state index in [1.165, 1.54) is 5.69 Å². The summed E-state index contributed by atoms with van der Waals surface area (Å²) < 4.78 is 0. The minimum atomic E-state index is 0.158. The summed E-state index contributed by atoms with van der Waals surface area (Å²) in [4.78, 5) is 0. The number of H-pyrrole nitrogens is 2. The maximum absolute atomic E-state index is 4.32. The van der Waals surface area contributed by atoms with E-state index in [1.807, 2.05) is 19.9 Å². The van der Waals surface area contributed by atoms with Crippen molar-refractivity contribution in [2.45, 2.75) is 60.3 Å². The minimum absolute atomic E-state index is 0.158. The molecule has 0 spiro atoms. The lowest BCUT2D eigenvalue weighted by Crippen LogP contribution is -2.11.